The Hall–Kier alpha value is -4.52. The van der Waals surface area contributed by atoms with E-state index in [1.54, 1.807) is 25.7 Å². The molecule has 0 aliphatic carbocycles. The lowest BCUT2D eigenvalue weighted by Gasteiger charge is -2.37. The highest BCUT2D eigenvalue weighted by Gasteiger charge is 2.33. The van der Waals surface area contributed by atoms with Gasteiger partial charge in [0.2, 0.25) is 0 Å². The van der Waals surface area contributed by atoms with Crippen molar-refractivity contribution >= 4 is 38.6 Å². The van der Waals surface area contributed by atoms with Gasteiger partial charge in [0.25, 0.3) is 5.91 Å². The van der Waals surface area contributed by atoms with E-state index in [-0.39, 0.29) is 52.1 Å². The van der Waals surface area contributed by atoms with Gasteiger partial charge in [-0.2, -0.15) is 13.2 Å². The Morgan fingerprint density at radius 1 is 1.15 bits per heavy atom. The summed E-state index contributed by atoms with van der Waals surface area (Å²) in [5.41, 5.74) is -0.186. The molecule has 11 nitrogen and oxygen atoms in total. The zero-order valence-electron chi connectivity index (χ0n) is 27.3. The van der Waals surface area contributed by atoms with Crippen LogP contribution in [0.4, 0.5) is 28.0 Å². The van der Waals surface area contributed by atoms with Crippen LogP contribution >= 0.6 is 0 Å². The van der Waals surface area contributed by atoms with E-state index >= 15 is 0 Å². The number of piperidine rings is 1. The number of anilines is 1. The summed E-state index contributed by atoms with van der Waals surface area (Å²) < 4.78 is 89.8. The number of hydrogen-bond acceptors (Lipinski definition) is 8. The summed E-state index contributed by atoms with van der Waals surface area (Å²) in [6.07, 6.45) is -2.70. The summed E-state index contributed by atoms with van der Waals surface area (Å²) in [5.74, 6) is 3.95. The number of benzene rings is 2. The number of aromatic nitrogens is 2. The van der Waals surface area contributed by atoms with Crippen LogP contribution in [0.5, 0.6) is 5.75 Å². The van der Waals surface area contributed by atoms with Crippen LogP contribution in [-0.2, 0) is 21.1 Å². The number of nitrogens with zero attached hydrogens (tertiary/aromatic N) is 3. The number of amides is 2. The quantitative estimate of drug-likeness (QED) is 0.261. The van der Waals surface area contributed by atoms with E-state index in [9.17, 15) is 35.6 Å². The Bertz CT molecular complexity index is 1880. The number of carbonyl (C=O) groups excluding carboxylic acids is 2. The Balaban J connectivity index is 1.58. The number of alkyl halides is 3. The first-order valence-corrected chi connectivity index (χ1v) is 16.8. The average molecular weight is 696 g/mol. The molecule has 16 heteroatoms. The van der Waals surface area contributed by atoms with Crippen molar-refractivity contribution in [1.82, 2.24) is 19.8 Å². The maximum atomic E-state index is 14.5. The van der Waals surface area contributed by atoms with E-state index < -0.39 is 50.9 Å². The van der Waals surface area contributed by atoms with Crippen LogP contribution in [0.1, 0.15) is 50.0 Å². The Labute approximate surface area is 275 Å². The van der Waals surface area contributed by atoms with Gasteiger partial charge in [-0.15, -0.1) is 0 Å². The third-order valence-electron chi connectivity index (χ3n) is 7.45. The highest BCUT2D eigenvalue weighted by molar-refractivity contribution is 7.90. The first-order chi connectivity index (χ1) is 22.3. The molecule has 2 N–H and O–H groups in total. The Kier molecular flexibility index (Phi) is 10.5. The van der Waals surface area contributed by atoms with Crippen LogP contribution in [0.3, 0.4) is 0 Å². The second-order valence-electron chi connectivity index (χ2n) is 12.6. The van der Waals surface area contributed by atoms with Gasteiger partial charge in [-0.25, -0.2) is 22.6 Å². The molecule has 1 saturated heterocycles. The molecule has 2 aromatic carbocycles. The van der Waals surface area contributed by atoms with Crippen molar-refractivity contribution in [2.24, 2.45) is 5.92 Å². The standard InChI is InChI=1S/C32H37F4N5O6S/c1-19-16-40(30(43)47-31(2,3)4)11-9-23(19)39-29(42)21-12-20(13-25-28(21)38-18-41(25)17-32(34,35)36)8-7-10-37-24-14-22(33)27(48(6,44)45)15-26(24)46-5/h12-15,18-19,23,37H,9-11,16-17H2,1-6H3,(H,39,42)/t19-,23-/m0/s1. The number of hydrogen-bond donors (Lipinski definition) is 2. The van der Waals surface area contributed by atoms with Gasteiger partial charge in [0.05, 0.1) is 36.7 Å². The number of rotatable bonds is 7. The molecule has 2 atom stereocenters. The largest absolute Gasteiger partial charge is 0.495 e. The molecule has 2 amide bonds. The van der Waals surface area contributed by atoms with E-state index in [1.165, 1.54) is 19.2 Å². The van der Waals surface area contributed by atoms with Gasteiger partial charge >= 0.3 is 12.3 Å². The topological polar surface area (TPSA) is 132 Å². The fourth-order valence-electron chi connectivity index (χ4n) is 5.24. The first kappa shape index (κ1) is 36.3. The maximum absolute atomic E-state index is 14.5. The van der Waals surface area contributed by atoms with Gasteiger partial charge in [0.1, 0.15) is 34.1 Å². The Morgan fingerprint density at radius 2 is 1.85 bits per heavy atom. The number of carbonyl (C=O) groups is 2. The molecular formula is C32H37F4N5O6S. The fourth-order valence-corrected chi connectivity index (χ4v) is 5.97. The number of nitrogens with one attached hydrogen (secondary N) is 2. The molecule has 1 fully saturated rings. The van der Waals surface area contributed by atoms with Crippen LogP contribution in [0.2, 0.25) is 0 Å². The number of likely N-dealkylation sites (tertiary alicyclic amines) is 1. The lowest BCUT2D eigenvalue weighted by atomic mass is 9.93. The normalized spacial score (nSPS) is 17.0. The van der Waals surface area contributed by atoms with Crippen LogP contribution in [0.25, 0.3) is 11.0 Å². The van der Waals surface area contributed by atoms with Crippen molar-refractivity contribution in [2.45, 2.75) is 63.4 Å². The van der Waals surface area contributed by atoms with Crippen molar-refractivity contribution in [1.29, 1.82) is 0 Å². The summed E-state index contributed by atoms with van der Waals surface area (Å²) in [6, 6.07) is 4.48. The monoisotopic (exact) mass is 695 g/mol. The van der Waals surface area contributed by atoms with E-state index in [4.69, 9.17) is 9.47 Å². The third-order valence-corrected chi connectivity index (χ3v) is 8.56. The van der Waals surface area contributed by atoms with Crippen LogP contribution < -0.4 is 15.4 Å². The van der Waals surface area contributed by atoms with Gasteiger partial charge in [0, 0.05) is 43.1 Å². The maximum Gasteiger partial charge on any atom is 0.410 e. The average Bonchev–Trinajstić information content (AvgIpc) is 3.35. The predicted octanol–water partition coefficient (Wildman–Crippen LogP) is 4.99. The molecule has 1 aromatic heterocycles. The zero-order valence-corrected chi connectivity index (χ0v) is 28.1. The minimum absolute atomic E-state index is 0.0209. The predicted molar refractivity (Wildman–Crippen MR) is 170 cm³/mol. The van der Waals surface area contributed by atoms with Crippen molar-refractivity contribution in [3.05, 3.63) is 47.5 Å². The van der Waals surface area contributed by atoms with Crippen molar-refractivity contribution in [3.63, 3.8) is 0 Å². The summed E-state index contributed by atoms with van der Waals surface area (Å²) in [7, 11) is -2.57. The summed E-state index contributed by atoms with van der Waals surface area (Å²) in [4.78, 5) is 31.3. The minimum atomic E-state index is -4.56. The molecule has 2 heterocycles. The number of sulfone groups is 1. The molecule has 0 radical (unpaired) electrons. The lowest BCUT2D eigenvalue weighted by Crippen LogP contribution is -2.52. The van der Waals surface area contributed by atoms with Crippen LogP contribution in [-0.4, -0.2) is 85.7 Å². The summed E-state index contributed by atoms with van der Waals surface area (Å²) >= 11 is 0. The number of ether oxygens (including phenoxy) is 2. The molecule has 0 saturated carbocycles. The van der Waals surface area contributed by atoms with Gasteiger partial charge in [-0.3, -0.25) is 4.79 Å². The number of methoxy groups -OCH3 is 1. The molecule has 3 aromatic rings. The molecule has 1 aliphatic heterocycles. The highest BCUT2D eigenvalue weighted by Crippen LogP contribution is 2.30. The summed E-state index contributed by atoms with van der Waals surface area (Å²) in [5, 5.41) is 5.78. The van der Waals surface area contributed by atoms with Crippen molar-refractivity contribution in [3.8, 4) is 17.6 Å². The third kappa shape index (κ3) is 9.09. The summed E-state index contributed by atoms with van der Waals surface area (Å²) in [6.45, 7) is 6.43. The van der Waals surface area contributed by atoms with E-state index in [1.807, 2.05) is 6.92 Å². The molecule has 0 bridgehead atoms. The number of imidazole rings is 1. The van der Waals surface area contributed by atoms with Gasteiger partial charge in [0.15, 0.2) is 9.84 Å². The second kappa shape index (κ2) is 13.9. The minimum Gasteiger partial charge on any atom is -0.495 e. The second-order valence-corrected chi connectivity index (χ2v) is 14.5. The zero-order chi connectivity index (χ0) is 35.6. The molecule has 4 rings (SSSR count). The number of fused-ring (bicyclic) bond motifs is 1. The van der Waals surface area contributed by atoms with Gasteiger partial charge < -0.3 is 29.6 Å². The number of halogens is 4. The van der Waals surface area contributed by atoms with E-state index in [0.717, 1.165) is 29.3 Å². The molecule has 0 spiro atoms. The van der Waals surface area contributed by atoms with Crippen molar-refractivity contribution < 1.29 is 45.0 Å². The molecule has 0 unspecified atom stereocenters. The first-order valence-electron chi connectivity index (χ1n) is 14.9. The fraction of sp³-hybridized carbons (Fsp3) is 0.469. The lowest BCUT2D eigenvalue weighted by molar-refractivity contribution is -0.140. The van der Waals surface area contributed by atoms with Crippen LogP contribution in [0, 0.1) is 23.6 Å². The van der Waals surface area contributed by atoms with Crippen molar-refractivity contribution in [2.75, 3.05) is 38.3 Å². The smallest absolute Gasteiger partial charge is 0.410 e. The highest BCUT2D eigenvalue weighted by atomic mass is 32.2. The van der Waals surface area contributed by atoms with Gasteiger partial charge in [-0.1, -0.05) is 18.8 Å². The SMILES string of the molecule is COc1cc(S(C)(=O)=O)c(F)cc1NCC#Cc1cc(C(=O)N[C@H]2CCN(C(=O)OC(C)(C)C)C[C@@H]2C)c2ncn(CC(F)(F)F)c2c1. The van der Waals surface area contributed by atoms with Crippen LogP contribution in [0.15, 0.2) is 35.5 Å². The molecule has 260 valence electrons. The van der Waals surface area contributed by atoms with E-state index in [0.29, 0.717) is 19.5 Å². The van der Waals surface area contributed by atoms with Gasteiger partial charge in [-0.05, 0) is 45.2 Å². The molecule has 48 heavy (non-hydrogen) atoms. The molecular weight excluding hydrogens is 658 g/mol. The Morgan fingerprint density at radius 3 is 2.46 bits per heavy atom. The molecule has 1 aliphatic rings. The van der Waals surface area contributed by atoms with E-state index in [2.05, 4.69) is 27.5 Å².